The molecule has 1 aromatic carbocycles. The van der Waals surface area contributed by atoms with Crippen molar-refractivity contribution >= 4 is 16.7 Å². The lowest BCUT2D eigenvalue weighted by Gasteiger charge is -2.06. The maximum Gasteiger partial charge on any atom is 0.204 e. The predicted octanol–water partition coefficient (Wildman–Crippen LogP) is 2.30. The highest BCUT2D eigenvalue weighted by atomic mass is 16.1. The van der Waals surface area contributed by atoms with Crippen molar-refractivity contribution in [1.29, 1.82) is 0 Å². The summed E-state index contributed by atoms with van der Waals surface area (Å²) in [6.45, 7) is 3.07. The molecule has 24 heavy (non-hydrogen) atoms. The van der Waals surface area contributed by atoms with Crippen molar-refractivity contribution in [3.63, 3.8) is 0 Å². The van der Waals surface area contributed by atoms with Gasteiger partial charge in [-0.15, -0.1) is 0 Å². The summed E-state index contributed by atoms with van der Waals surface area (Å²) in [6.07, 6.45) is 9.38. The standard InChI is InChI=1S/C14H12N4O.C4H9N/c19-14-3-4-15-9-13(14)18-8-10-1-2-11-12(7-10)17-6-5-16-11;1-2-4-5-3-1/h1-7,9,18H,8H2,(H,15,19);5H,1-4H2. The molecule has 0 amide bonds. The normalized spacial score (nSPS) is 13.3. The van der Waals surface area contributed by atoms with Crippen LogP contribution in [0.2, 0.25) is 0 Å². The van der Waals surface area contributed by atoms with E-state index >= 15 is 0 Å². The second-order valence-electron chi connectivity index (χ2n) is 5.61. The topological polar surface area (TPSA) is 82.7 Å². The smallest absolute Gasteiger partial charge is 0.204 e. The molecule has 0 unspecified atom stereocenters. The number of anilines is 1. The zero-order valence-electron chi connectivity index (χ0n) is 13.5. The van der Waals surface area contributed by atoms with Crippen molar-refractivity contribution in [3.8, 4) is 0 Å². The Labute approximate surface area is 140 Å². The van der Waals surface area contributed by atoms with Crippen molar-refractivity contribution in [2.75, 3.05) is 18.4 Å². The van der Waals surface area contributed by atoms with Crippen molar-refractivity contribution in [1.82, 2.24) is 20.3 Å². The van der Waals surface area contributed by atoms with Crippen LogP contribution in [0, 0.1) is 0 Å². The van der Waals surface area contributed by atoms with Gasteiger partial charge >= 0.3 is 0 Å². The molecule has 1 saturated heterocycles. The number of hydrogen-bond donors (Lipinski definition) is 3. The molecule has 1 aliphatic rings. The van der Waals surface area contributed by atoms with Gasteiger partial charge in [-0.2, -0.15) is 0 Å². The largest absolute Gasteiger partial charge is 0.377 e. The number of benzene rings is 1. The van der Waals surface area contributed by atoms with Gasteiger partial charge in [0, 0.05) is 37.4 Å². The molecule has 3 heterocycles. The van der Waals surface area contributed by atoms with Gasteiger partial charge in [-0.25, -0.2) is 0 Å². The molecule has 6 nitrogen and oxygen atoms in total. The first-order valence-electron chi connectivity index (χ1n) is 8.14. The van der Waals surface area contributed by atoms with E-state index in [-0.39, 0.29) is 5.43 Å². The van der Waals surface area contributed by atoms with E-state index in [2.05, 4.69) is 25.6 Å². The summed E-state index contributed by atoms with van der Waals surface area (Å²) in [5, 5.41) is 6.32. The Morgan fingerprint density at radius 3 is 2.54 bits per heavy atom. The number of aromatic nitrogens is 3. The molecule has 0 saturated carbocycles. The van der Waals surface area contributed by atoms with E-state index in [4.69, 9.17) is 0 Å². The zero-order valence-corrected chi connectivity index (χ0v) is 13.5. The highest BCUT2D eigenvalue weighted by Crippen LogP contribution is 2.11. The molecule has 0 aliphatic carbocycles. The van der Waals surface area contributed by atoms with Crippen LogP contribution in [0.15, 0.2) is 53.8 Å². The fourth-order valence-electron chi connectivity index (χ4n) is 2.50. The molecule has 0 bridgehead atoms. The fourth-order valence-corrected chi connectivity index (χ4v) is 2.50. The van der Waals surface area contributed by atoms with Gasteiger partial charge in [-0.05, 0) is 43.6 Å². The number of nitrogens with zero attached hydrogens (tertiary/aromatic N) is 2. The predicted molar refractivity (Wildman–Crippen MR) is 96.0 cm³/mol. The minimum absolute atomic E-state index is 0.0284. The van der Waals surface area contributed by atoms with Crippen LogP contribution in [0.1, 0.15) is 18.4 Å². The van der Waals surface area contributed by atoms with Crippen molar-refractivity contribution in [2.24, 2.45) is 0 Å². The van der Waals surface area contributed by atoms with Crippen LogP contribution < -0.4 is 16.1 Å². The van der Waals surface area contributed by atoms with Gasteiger partial charge in [0.05, 0.1) is 16.7 Å². The molecule has 3 N–H and O–H groups in total. The minimum Gasteiger partial charge on any atom is -0.377 e. The average Bonchev–Trinajstić information content (AvgIpc) is 3.21. The third-order valence-electron chi connectivity index (χ3n) is 3.80. The molecule has 2 aromatic heterocycles. The van der Waals surface area contributed by atoms with Crippen molar-refractivity contribution < 1.29 is 0 Å². The summed E-state index contributed by atoms with van der Waals surface area (Å²) in [6, 6.07) is 7.36. The van der Waals surface area contributed by atoms with Gasteiger partial charge in [0.25, 0.3) is 0 Å². The van der Waals surface area contributed by atoms with Crippen molar-refractivity contribution in [3.05, 3.63) is 64.8 Å². The fraction of sp³-hybridized carbons (Fsp3) is 0.278. The maximum absolute atomic E-state index is 11.5. The Morgan fingerprint density at radius 1 is 1.04 bits per heavy atom. The monoisotopic (exact) mass is 323 g/mol. The summed E-state index contributed by atoms with van der Waals surface area (Å²) in [4.78, 5) is 22.9. The van der Waals surface area contributed by atoms with Crippen LogP contribution in [-0.2, 0) is 6.54 Å². The van der Waals surface area contributed by atoms with Crippen LogP contribution in [-0.4, -0.2) is 28.0 Å². The number of nitrogens with one attached hydrogen (secondary N) is 3. The van der Waals surface area contributed by atoms with Gasteiger partial charge in [-0.3, -0.25) is 14.8 Å². The van der Waals surface area contributed by atoms with Gasteiger partial charge in [-0.1, -0.05) is 6.07 Å². The zero-order chi connectivity index (χ0) is 16.6. The molecule has 0 atom stereocenters. The summed E-state index contributed by atoms with van der Waals surface area (Å²) in [5.41, 5.74) is 3.30. The van der Waals surface area contributed by atoms with Gasteiger partial charge in [0.1, 0.15) is 0 Å². The van der Waals surface area contributed by atoms with E-state index < -0.39 is 0 Å². The number of pyridine rings is 1. The average molecular weight is 323 g/mol. The molecule has 1 fully saturated rings. The van der Waals surface area contributed by atoms with E-state index in [9.17, 15) is 4.79 Å². The summed E-state index contributed by atoms with van der Waals surface area (Å²) >= 11 is 0. The Bertz CT molecular complexity index is 834. The van der Waals surface area contributed by atoms with Crippen LogP contribution in [0.5, 0.6) is 0 Å². The lowest BCUT2D eigenvalue weighted by Crippen LogP contribution is -2.10. The SMILES string of the molecule is C1CCNC1.O=c1cc[nH]cc1NCc1ccc2nccnc2c1. The van der Waals surface area contributed by atoms with E-state index in [1.54, 1.807) is 24.8 Å². The van der Waals surface area contributed by atoms with Crippen LogP contribution in [0.4, 0.5) is 5.69 Å². The molecule has 0 spiro atoms. The molecule has 6 heteroatoms. The Kier molecular flexibility index (Phi) is 5.52. The van der Waals surface area contributed by atoms with Gasteiger partial charge in [0.15, 0.2) is 0 Å². The summed E-state index contributed by atoms with van der Waals surface area (Å²) in [5.74, 6) is 0. The maximum atomic E-state index is 11.5. The van der Waals surface area contributed by atoms with E-state index in [0.717, 1.165) is 16.6 Å². The van der Waals surface area contributed by atoms with Crippen LogP contribution in [0.3, 0.4) is 0 Å². The van der Waals surface area contributed by atoms with E-state index in [1.165, 1.54) is 32.0 Å². The third kappa shape index (κ3) is 4.39. The first kappa shape index (κ1) is 16.1. The first-order chi connectivity index (χ1) is 11.8. The lowest BCUT2D eigenvalue weighted by atomic mass is 10.2. The molecule has 3 aromatic rings. The Balaban J connectivity index is 0.000000290. The van der Waals surface area contributed by atoms with Crippen molar-refractivity contribution in [2.45, 2.75) is 19.4 Å². The quantitative estimate of drug-likeness (QED) is 0.689. The number of rotatable bonds is 3. The molecule has 0 radical (unpaired) electrons. The first-order valence-corrected chi connectivity index (χ1v) is 8.14. The number of aromatic amines is 1. The highest BCUT2D eigenvalue weighted by Gasteiger charge is 2.00. The third-order valence-corrected chi connectivity index (χ3v) is 3.80. The molecule has 4 rings (SSSR count). The second kappa shape index (κ2) is 8.21. The summed E-state index contributed by atoms with van der Waals surface area (Å²) < 4.78 is 0. The Morgan fingerprint density at radius 2 is 1.83 bits per heavy atom. The van der Waals surface area contributed by atoms with Gasteiger partial charge < -0.3 is 15.6 Å². The summed E-state index contributed by atoms with van der Waals surface area (Å²) in [7, 11) is 0. The number of fused-ring (bicyclic) bond motifs is 1. The molecular weight excluding hydrogens is 302 g/mol. The molecular formula is C18H21N5O. The minimum atomic E-state index is -0.0284. The van der Waals surface area contributed by atoms with Crippen LogP contribution in [0.25, 0.3) is 11.0 Å². The molecule has 1 aliphatic heterocycles. The lowest BCUT2D eigenvalue weighted by molar-refractivity contribution is 0.857. The van der Waals surface area contributed by atoms with E-state index in [0.29, 0.717) is 12.2 Å². The van der Waals surface area contributed by atoms with Crippen LogP contribution >= 0.6 is 0 Å². The van der Waals surface area contributed by atoms with Gasteiger partial charge in [0.2, 0.25) is 5.43 Å². The number of hydrogen-bond acceptors (Lipinski definition) is 5. The second-order valence-corrected chi connectivity index (χ2v) is 5.61. The number of H-pyrrole nitrogens is 1. The highest BCUT2D eigenvalue weighted by molar-refractivity contribution is 5.74. The van der Waals surface area contributed by atoms with E-state index in [1.807, 2.05) is 18.2 Å². The Hall–Kier alpha value is -2.73. The molecule has 124 valence electrons.